The molecule has 2 aromatic carbocycles. The molecule has 1 amide bonds. The molecular formula is C25H29N3O5. The Hall–Kier alpha value is -3.39. The highest BCUT2D eigenvalue weighted by molar-refractivity contribution is 5.95. The van der Waals surface area contributed by atoms with Gasteiger partial charge in [0.25, 0.3) is 16.8 Å². The zero-order valence-corrected chi connectivity index (χ0v) is 18.9. The van der Waals surface area contributed by atoms with Crippen LogP contribution in [0.5, 0.6) is 0 Å². The summed E-state index contributed by atoms with van der Waals surface area (Å²) in [6.07, 6.45) is 2.89. The number of rotatable bonds is 7. The number of carbonyl (C=O) groups excluding carboxylic acids is 1. The molecule has 8 heteroatoms. The van der Waals surface area contributed by atoms with E-state index in [0.717, 1.165) is 5.56 Å². The van der Waals surface area contributed by atoms with Gasteiger partial charge in [0.05, 0.1) is 30.5 Å². The van der Waals surface area contributed by atoms with E-state index >= 15 is 0 Å². The summed E-state index contributed by atoms with van der Waals surface area (Å²) in [6.45, 7) is 5.81. The summed E-state index contributed by atoms with van der Waals surface area (Å²) in [7, 11) is 0. The van der Waals surface area contributed by atoms with Crippen LogP contribution in [0.4, 0.5) is 11.4 Å². The van der Waals surface area contributed by atoms with Crippen LogP contribution in [0.15, 0.2) is 63.0 Å². The molecule has 1 heterocycles. The van der Waals surface area contributed by atoms with Gasteiger partial charge in [-0.2, -0.15) is 0 Å². The Bertz CT molecular complexity index is 1150. The number of hydrogen-bond donors (Lipinski definition) is 3. The van der Waals surface area contributed by atoms with Crippen LogP contribution < -0.4 is 21.5 Å². The van der Waals surface area contributed by atoms with Crippen LogP contribution in [-0.4, -0.2) is 42.2 Å². The first-order valence-corrected chi connectivity index (χ1v) is 11.3. The van der Waals surface area contributed by atoms with Crippen molar-refractivity contribution in [3.05, 3.63) is 79.4 Å². The zero-order valence-electron chi connectivity index (χ0n) is 18.9. The smallest absolute Gasteiger partial charge is 0.253 e. The number of aliphatic hydroxyl groups excluding tert-OH is 1. The van der Waals surface area contributed by atoms with E-state index in [9.17, 15) is 19.5 Å². The molecule has 0 radical (unpaired) electrons. The Balaban J connectivity index is 1.58. The minimum Gasteiger partial charge on any atom is -0.505 e. The molecule has 0 saturated carbocycles. The quantitative estimate of drug-likeness (QED) is 0.556. The topological polar surface area (TPSA) is 108 Å². The second-order valence-electron chi connectivity index (χ2n) is 8.54. The van der Waals surface area contributed by atoms with E-state index in [2.05, 4.69) is 10.6 Å². The standard InChI is InChI=1S/C25H29N3O5/c1-3-18(16-7-5-4-6-8-16)26-20-21(24(31)23(20)30)27-19-14-15(2)13-17(22(19)29)25(32)28-9-11-33-12-10-28/h4-8,14-15,18,26-27,29H,3,9-13H2,1-2H3/t15?,18-/m1/s1. The maximum Gasteiger partial charge on any atom is 0.253 e. The van der Waals surface area contributed by atoms with E-state index in [1.807, 2.05) is 44.2 Å². The van der Waals surface area contributed by atoms with Crippen LogP contribution in [0.1, 0.15) is 38.3 Å². The number of allylic oxidation sites excluding steroid dienone is 1. The first-order chi connectivity index (χ1) is 15.9. The highest BCUT2D eigenvalue weighted by Crippen LogP contribution is 2.32. The summed E-state index contributed by atoms with van der Waals surface area (Å²) in [5, 5.41) is 17.0. The summed E-state index contributed by atoms with van der Waals surface area (Å²) in [5.74, 6) is -0.439. The Morgan fingerprint density at radius 1 is 1.15 bits per heavy atom. The van der Waals surface area contributed by atoms with E-state index in [0.29, 0.717) is 44.7 Å². The first kappa shape index (κ1) is 22.8. The van der Waals surface area contributed by atoms with Crippen LogP contribution >= 0.6 is 0 Å². The predicted molar refractivity (Wildman–Crippen MR) is 127 cm³/mol. The average Bonchev–Trinajstić information content (AvgIpc) is 2.85. The molecule has 1 fully saturated rings. The van der Waals surface area contributed by atoms with E-state index in [1.54, 1.807) is 11.0 Å². The van der Waals surface area contributed by atoms with Gasteiger partial charge in [-0.05, 0) is 24.3 Å². The van der Waals surface area contributed by atoms with Gasteiger partial charge in [0, 0.05) is 13.1 Å². The lowest BCUT2D eigenvalue weighted by Crippen LogP contribution is -2.42. The van der Waals surface area contributed by atoms with E-state index in [-0.39, 0.29) is 40.7 Å². The lowest BCUT2D eigenvalue weighted by atomic mass is 9.91. The fourth-order valence-electron chi connectivity index (χ4n) is 4.31. The molecule has 0 bridgehead atoms. The molecule has 1 saturated heterocycles. The van der Waals surface area contributed by atoms with Gasteiger partial charge in [0.2, 0.25) is 0 Å². The number of aliphatic hydroxyl groups is 1. The molecule has 2 aliphatic rings. The number of carbonyl (C=O) groups is 1. The van der Waals surface area contributed by atoms with Crippen LogP contribution in [0.2, 0.25) is 0 Å². The van der Waals surface area contributed by atoms with Gasteiger partial charge in [0.15, 0.2) is 0 Å². The molecule has 1 unspecified atom stereocenters. The first-order valence-electron chi connectivity index (χ1n) is 11.3. The largest absolute Gasteiger partial charge is 0.505 e. The third-order valence-corrected chi connectivity index (χ3v) is 6.17. The van der Waals surface area contributed by atoms with Gasteiger partial charge < -0.3 is 25.4 Å². The Morgan fingerprint density at radius 2 is 1.82 bits per heavy atom. The fraction of sp³-hybridized carbons (Fsp3) is 0.400. The van der Waals surface area contributed by atoms with Gasteiger partial charge >= 0.3 is 0 Å². The summed E-state index contributed by atoms with van der Waals surface area (Å²) in [6, 6.07) is 9.54. The molecule has 8 nitrogen and oxygen atoms in total. The number of morpholine rings is 1. The molecule has 0 aromatic heterocycles. The summed E-state index contributed by atoms with van der Waals surface area (Å²) < 4.78 is 5.31. The molecule has 1 aliphatic carbocycles. The molecule has 1 aliphatic heterocycles. The molecule has 2 aromatic rings. The Morgan fingerprint density at radius 3 is 2.48 bits per heavy atom. The number of nitrogens with one attached hydrogen (secondary N) is 2. The van der Waals surface area contributed by atoms with Gasteiger partial charge in [-0.15, -0.1) is 0 Å². The Labute approximate surface area is 192 Å². The number of ether oxygens (including phenoxy) is 1. The van der Waals surface area contributed by atoms with Crippen LogP contribution in [0, 0.1) is 5.92 Å². The lowest BCUT2D eigenvalue weighted by Gasteiger charge is -2.30. The van der Waals surface area contributed by atoms with Crippen molar-refractivity contribution in [2.75, 3.05) is 36.9 Å². The number of anilines is 2. The third kappa shape index (κ3) is 4.57. The van der Waals surface area contributed by atoms with Crippen molar-refractivity contribution in [1.29, 1.82) is 0 Å². The number of amides is 1. The minimum absolute atomic E-state index is 0.0287. The van der Waals surface area contributed by atoms with Crippen molar-refractivity contribution in [3.63, 3.8) is 0 Å². The molecule has 174 valence electrons. The van der Waals surface area contributed by atoms with Crippen molar-refractivity contribution in [1.82, 2.24) is 4.90 Å². The number of benzene rings is 1. The highest BCUT2D eigenvalue weighted by atomic mass is 16.5. The monoisotopic (exact) mass is 451 g/mol. The molecule has 33 heavy (non-hydrogen) atoms. The van der Waals surface area contributed by atoms with Gasteiger partial charge in [-0.1, -0.05) is 50.3 Å². The minimum atomic E-state index is -0.645. The van der Waals surface area contributed by atoms with Crippen molar-refractivity contribution in [2.24, 2.45) is 5.92 Å². The second kappa shape index (κ2) is 9.62. The summed E-state index contributed by atoms with van der Waals surface area (Å²) >= 11 is 0. The summed E-state index contributed by atoms with van der Waals surface area (Å²) in [5.41, 5.74) is 0.651. The van der Waals surface area contributed by atoms with Gasteiger partial charge in [-0.3, -0.25) is 14.4 Å². The average molecular weight is 452 g/mol. The van der Waals surface area contributed by atoms with Crippen molar-refractivity contribution in [2.45, 2.75) is 32.7 Å². The van der Waals surface area contributed by atoms with Crippen LogP contribution in [0.25, 0.3) is 0 Å². The van der Waals surface area contributed by atoms with E-state index in [4.69, 9.17) is 4.74 Å². The van der Waals surface area contributed by atoms with E-state index in [1.165, 1.54) is 0 Å². The molecule has 0 spiro atoms. The second-order valence-corrected chi connectivity index (χ2v) is 8.54. The fourth-order valence-corrected chi connectivity index (χ4v) is 4.31. The van der Waals surface area contributed by atoms with Crippen LogP contribution in [-0.2, 0) is 9.53 Å². The highest BCUT2D eigenvalue weighted by Gasteiger charge is 2.31. The van der Waals surface area contributed by atoms with E-state index < -0.39 is 10.9 Å². The lowest BCUT2D eigenvalue weighted by molar-refractivity contribution is -0.131. The SMILES string of the molecule is CC[C@@H](Nc1c(NC2=CC(C)CC(C(=O)N3CCOCC3)=C2O)c(=O)c1=O)c1ccccc1. The number of hydrogen-bond acceptors (Lipinski definition) is 7. The predicted octanol–water partition coefficient (Wildman–Crippen LogP) is 2.85. The molecule has 3 N–H and O–H groups in total. The zero-order chi connectivity index (χ0) is 23.5. The third-order valence-electron chi connectivity index (χ3n) is 6.17. The maximum atomic E-state index is 13.0. The van der Waals surface area contributed by atoms with Crippen molar-refractivity contribution < 1.29 is 14.6 Å². The van der Waals surface area contributed by atoms with Gasteiger partial charge in [-0.25, -0.2) is 0 Å². The van der Waals surface area contributed by atoms with Crippen molar-refractivity contribution >= 4 is 17.3 Å². The Kier molecular flexibility index (Phi) is 6.65. The molecule has 4 rings (SSSR count). The summed E-state index contributed by atoms with van der Waals surface area (Å²) in [4.78, 5) is 39.4. The number of nitrogens with zero attached hydrogens (tertiary/aromatic N) is 1. The van der Waals surface area contributed by atoms with Crippen LogP contribution in [0.3, 0.4) is 0 Å². The normalized spacial score (nSPS) is 19.9. The molecule has 2 atom stereocenters. The molecular weight excluding hydrogens is 422 g/mol. The maximum absolute atomic E-state index is 13.0. The van der Waals surface area contributed by atoms with Crippen molar-refractivity contribution in [3.8, 4) is 0 Å². The van der Waals surface area contributed by atoms with Gasteiger partial charge in [0.1, 0.15) is 17.1 Å².